The molecule has 4 unspecified atom stereocenters. The summed E-state index contributed by atoms with van der Waals surface area (Å²) in [5.74, 6) is 1.13. The van der Waals surface area contributed by atoms with Crippen molar-refractivity contribution >= 4 is 0 Å². The minimum atomic E-state index is 0.291. The second-order valence-corrected chi connectivity index (χ2v) is 4.60. The molecule has 4 atom stereocenters. The lowest BCUT2D eigenvalue weighted by atomic mass is 9.92. The van der Waals surface area contributed by atoms with Crippen molar-refractivity contribution in [2.24, 2.45) is 11.8 Å². The van der Waals surface area contributed by atoms with Crippen molar-refractivity contribution in [2.75, 3.05) is 13.2 Å². The molecular weight excluding hydrogens is 188 g/mol. The average Bonchev–Trinajstić information content (AvgIpc) is 2.25. The first kappa shape index (κ1) is 10.9. The maximum Gasteiger partial charge on any atom is 0.0728 e. The lowest BCUT2D eigenvalue weighted by Crippen LogP contribution is -2.24. The van der Waals surface area contributed by atoms with Crippen molar-refractivity contribution in [3.8, 4) is 0 Å². The van der Waals surface area contributed by atoms with Crippen molar-refractivity contribution in [1.82, 2.24) is 0 Å². The van der Waals surface area contributed by atoms with Gasteiger partial charge in [-0.05, 0) is 20.3 Å². The highest BCUT2D eigenvalue weighted by molar-refractivity contribution is 5.01. The molecule has 2 heteroatoms. The van der Waals surface area contributed by atoms with E-state index in [0.29, 0.717) is 24.0 Å². The van der Waals surface area contributed by atoms with E-state index in [1.807, 2.05) is 0 Å². The smallest absolute Gasteiger partial charge is 0.0728 e. The van der Waals surface area contributed by atoms with Gasteiger partial charge < -0.3 is 9.47 Å². The first-order valence-electron chi connectivity index (χ1n) is 5.84. The Morgan fingerprint density at radius 2 is 1.33 bits per heavy atom. The summed E-state index contributed by atoms with van der Waals surface area (Å²) in [6, 6.07) is 0. The van der Waals surface area contributed by atoms with E-state index >= 15 is 0 Å². The van der Waals surface area contributed by atoms with Gasteiger partial charge in [-0.3, -0.25) is 0 Å². The predicted molar refractivity (Wildman–Crippen MR) is 60.7 cm³/mol. The molecule has 0 aromatic carbocycles. The summed E-state index contributed by atoms with van der Waals surface area (Å²) in [5.41, 5.74) is 0. The average molecular weight is 208 g/mol. The van der Waals surface area contributed by atoms with Crippen LogP contribution in [0.2, 0.25) is 0 Å². The van der Waals surface area contributed by atoms with Crippen molar-refractivity contribution in [3.05, 3.63) is 24.3 Å². The Balaban J connectivity index is 1.82. The fraction of sp³-hybridized carbons (Fsp3) is 0.692. The van der Waals surface area contributed by atoms with Crippen molar-refractivity contribution in [2.45, 2.75) is 32.5 Å². The largest absolute Gasteiger partial charge is 0.374 e. The molecule has 0 amide bonds. The zero-order valence-corrected chi connectivity index (χ0v) is 9.56. The Morgan fingerprint density at radius 3 is 1.67 bits per heavy atom. The molecule has 0 fully saturated rings. The molecule has 2 rings (SSSR count). The monoisotopic (exact) mass is 208 g/mol. The van der Waals surface area contributed by atoms with E-state index in [1.165, 1.54) is 0 Å². The molecule has 0 N–H and O–H groups in total. The van der Waals surface area contributed by atoms with Crippen LogP contribution in [0.25, 0.3) is 0 Å². The zero-order valence-electron chi connectivity index (χ0n) is 9.56. The van der Waals surface area contributed by atoms with Crippen molar-refractivity contribution in [1.29, 1.82) is 0 Å². The van der Waals surface area contributed by atoms with Gasteiger partial charge in [-0.1, -0.05) is 24.3 Å². The maximum absolute atomic E-state index is 5.60. The van der Waals surface area contributed by atoms with Gasteiger partial charge in [0.25, 0.3) is 0 Å². The number of rotatable bonds is 2. The van der Waals surface area contributed by atoms with Gasteiger partial charge in [-0.2, -0.15) is 0 Å². The molecule has 0 bridgehead atoms. The van der Waals surface area contributed by atoms with E-state index in [4.69, 9.17) is 9.47 Å². The molecule has 2 heterocycles. The Labute approximate surface area is 92.0 Å². The molecule has 2 aliphatic rings. The highest BCUT2D eigenvalue weighted by Gasteiger charge is 2.19. The van der Waals surface area contributed by atoms with Crippen LogP contribution < -0.4 is 0 Å². The molecule has 0 aromatic rings. The van der Waals surface area contributed by atoms with Gasteiger partial charge in [0.1, 0.15) is 0 Å². The summed E-state index contributed by atoms with van der Waals surface area (Å²) in [5, 5.41) is 0. The Bertz CT molecular complexity index is 231. The standard InChI is InChI=1S/C13H20O2/c1-10-3-5-12(8-14-10)7-13-6-4-11(2)15-9-13/h3-6,10-13H,7-9H2,1-2H3. The topological polar surface area (TPSA) is 18.5 Å². The lowest BCUT2D eigenvalue weighted by molar-refractivity contribution is 0.0396. The third-order valence-corrected chi connectivity index (χ3v) is 3.06. The van der Waals surface area contributed by atoms with Crippen molar-refractivity contribution in [3.63, 3.8) is 0 Å². The molecule has 15 heavy (non-hydrogen) atoms. The Hall–Kier alpha value is -0.600. The van der Waals surface area contributed by atoms with Gasteiger partial charge >= 0.3 is 0 Å². The molecule has 0 spiro atoms. The highest BCUT2D eigenvalue weighted by Crippen LogP contribution is 2.23. The van der Waals surface area contributed by atoms with Crippen LogP contribution in [0.5, 0.6) is 0 Å². The van der Waals surface area contributed by atoms with Crippen LogP contribution in [-0.4, -0.2) is 25.4 Å². The van der Waals surface area contributed by atoms with Gasteiger partial charge in [0.05, 0.1) is 25.4 Å². The molecule has 0 aromatic heterocycles. The predicted octanol–water partition coefficient (Wildman–Crippen LogP) is 2.56. The van der Waals surface area contributed by atoms with Gasteiger partial charge in [0.15, 0.2) is 0 Å². The van der Waals surface area contributed by atoms with Crippen LogP contribution in [0, 0.1) is 11.8 Å². The van der Waals surface area contributed by atoms with Crippen LogP contribution in [0.4, 0.5) is 0 Å². The normalized spacial score (nSPS) is 40.7. The van der Waals surface area contributed by atoms with E-state index < -0.39 is 0 Å². The van der Waals surface area contributed by atoms with E-state index in [-0.39, 0.29) is 0 Å². The van der Waals surface area contributed by atoms with Crippen LogP contribution in [0.3, 0.4) is 0 Å². The molecule has 84 valence electrons. The summed E-state index contributed by atoms with van der Waals surface area (Å²) in [4.78, 5) is 0. The summed E-state index contributed by atoms with van der Waals surface area (Å²) in [6.45, 7) is 5.88. The molecular formula is C13H20O2. The highest BCUT2D eigenvalue weighted by atomic mass is 16.5. The molecule has 2 nitrogen and oxygen atoms in total. The number of hydrogen-bond acceptors (Lipinski definition) is 2. The molecule has 2 aliphatic heterocycles. The minimum absolute atomic E-state index is 0.291. The number of hydrogen-bond donors (Lipinski definition) is 0. The SMILES string of the molecule is CC1C=CC(CC2C=CC(C)OC2)CO1. The van der Waals surface area contributed by atoms with Gasteiger partial charge in [0, 0.05) is 11.8 Å². The maximum atomic E-state index is 5.60. The van der Waals surface area contributed by atoms with Gasteiger partial charge in [-0.15, -0.1) is 0 Å². The Kier molecular flexibility index (Phi) is 3.60. The summed E-state index contributed by atoms with van der Waals surface area (Å²) >= 11 is 0. The quantitative estimate of drug-likeness (QED) is 0.649. The number of ether oxygens (including phenoxy) is 2. The van der Waals surface area contributed by atoms with Crippen LogP contribution in [-0.2, 0) is 9.47 Å². The van der Waals surface area contributed by atoms with E-state index in [2.05, 4.69) is 38.2 Å². The first-order valence-corrected chi connectivity index (χ1v) is 5.84. The zero-order chi connectivity index (χ0) is 10.7. The molecule has 0 aliphatic carbocycles. The fourth-order valence-electron chi connectivity index (χ4n) is 2.08. The Morgan fingerprint density at radius 1 is 0.867 bits per heavy atom. The van der Waals surface area contributed by atoms with E-state index in [1.54, 1.807) is 0 Å². The molecule has 0 radical (unpaired) electrons. The van der Waals surface area contributed by atoms with Crippen molar-refractivity contribution < 1.29 is 9.47 Å². The summed E-state index contributed by atoms with van der Waals surface area (Å²) in [6.07, 6.45) is 10.6. The summed E-state index contributed by atoms with van der Waals surface area (Å²) in [7, 11) is 0. The van der Waals surface area contributed by atoms with Crippen LogP contribution in [0.1, 0.15) is 20.3 Å². The second kappa shape index (κ2) is 4.95. The van der Waals surface area contributed by atoms with Crippen LogP contribution in [0.15, 0.2) is 24.3 Å². The van der Waals surface area contributed by atoms with Gasteiger partial charge in [0.2, 0.25) is 0 Å². The van der Waals surface area contributed by atoms with Crippen LogP contribution >= 0.6 is 0 Å². The third-order valence-electron chi connectivity index (χ3n) is 3.06. The molecule has 0 saturated carbocycles. The first-order chi connectivity index (χ1) is 7.24. The second-order valence-electron chi connectivity index (χ2n) is 4.60. The van der Waals surface area contributed by atoms with E-state index in [9.17, 15) is 0 Å². The lowest BCUT2D eigenvalue weighted by Gasteiger charge is -2.26. The molecule has 0 saturated heterocycles. The van der Waals surface area contributed by atoms with E-state index in [0.717, 1.165) is 19.6 Å². The minimum Gasteiger partial charge on any atom is -0.374 e. The summed E-state index contributed by atoms with van der Waals surface area (Å²) < 4.78 is 11.2. The van der Waals surface area contributed by atoms with Gasteiger partial charge in [-0.25, -0.2) is 0 Å². The third kappa shape index (κ3) is 3.18. The fourth-order valence-corrected chi connectivity index (χ4v) is 2.08.